The molecule has 98 valence electrons. The van der Waals surface area contributed by atoms with E-state index >= 15 is 0 Å². The quantitative estimate of drug-likeness (QED) is 0.645. The van der Waals surface area contributed by atoms with Crippen molar-refractivity contribution in [1.82, 2.24) is 5.32 Å². The molecule has 0 aliphatic carbocycles. The number of ketones is 1. The van der Waals surface area contributed by atoms with Crippen molar-refractivity contribution in [1.29, 1.82) is 0 Å². The van der Waals surface area contributed by atoms with Gasteiger partial charge in [-0.1, -0.05) is 18.5 Å². The Morgan fingerprint density at radius 3 is 2.67 bits per heavy atom. The number of halogens is 1. The molecule has 0 aromatic heterocycles. The largest absolute Gasteiger partial charge is 0.355 e. The molecule has 3 nitrogen and oxygen atoms in total. The van der Waals surface area contributed by atoms with Crippen LogP contribution in [0.3, 0.4) is 0 Å². The highest BCUT2D eigenvalue weighted by Gasteiger charge is 2.07. The first-order valence-corrected chi connectivity index (χ1v) is 7.11. The van der Waals surface area contributed by atoms with Gasteiger partial charge in [-0.25, -0.2) is 0 Å². The Bertz CT molecular complexity index is 449. The van der Waals surface area contributed by atoms with Gasteiger partial charge < -0.3 is 5.32 Å². The maximum Gasteiger partial charge on any atom is 0.230 e. The monoisotopic (exact) mass is 285 g/mol. The van der Waals surface area contributed by atoms with Crippen LogP contribution < -0.4 is 5.32 Å². The fourth-order valence-corrected chi connectivity index (χ4v) is 2.48. The molecule has 18 heavy (non-hydrogen) atoms. The third-order valence-corrected chi connectivity index (χ3v) is 3.57. The van der Waals surface area contributed by atoms with E-state index < -0.39 is 0 Å². The minimum absolute atomic E-state index is 0.00798. The number of hydrogen-bond acceptors (Lipinski definition) is 3. The number of amides is 1. The lowest BCUT2D eigenvalue weighted by atomic mass is 10.1. The second-order valence-electron chi connectivity index (χ2n) is 3.84. The van der Waals surface area contributed by atoms with Crippen molar-refractivity contribution < 1.29 is 9.59 Å². The Morgan fingerprint density at radius 1 is 1.39 bits per heavy atom. The SMILES string of the molecule is CCCNC(=O)CSc1ccc(C(C)=O)c(Cl)c1. The zero-order valence-corrected chi connectivity index (χ0v) is 12.0. The highest BCUT2D eigenvalue weighted by Crippen LogP contribution is 2.25. The van der Waals surface area contributed by atoms with Crippen molar-refractivity contribution in [3.8, 4) is 0 Å². The third-order valence-electron chi connectivity index (χ3n) is 2.26. The van der Waals surface area contributed by atoms with Gasteiger partial charge in [0.25, 0.3) is 0 Å². The van der Waals surface area contributed by atoms with Crippen LogP contribution in [0.25, 0.3) is 0 Å². The van der Waals surface area contributed by atoms with Crippen LogP contribution in [0, 0.1) is 0 Å². The maximum absolute atomic E-state index is 11.4. The Hall–Kier alpha value is -1.00. The van der Waals surface area contributed by atoms with Gasteiger partial charge in [-0.15, -0.1) is 11.8 Å². The molecule has 5 heteroatoms. The van der Waals surface area contributed by atoms with Crippen LogP contribution in [0.4, 0.5) is 0 Å². The van der Waals surface area contributed by atoms with Gasteiger partial charge in [0.1, 0.15) is 0 Å². The Kier molecular flexibility index (Phi) is 6.22. The van der Waals surface area contributed by atoms with Crippen LogP contribution in [0.15, 0.2) is 23.1 Å². The summed E-state index contributed by atoms with van der Waals surface area (Å²) in [5, 5.41) is 3.23. The molecule has 1 N–H and O–H groups in total. The first-order valence-electron chi connectivity index (χ1n) is 5.74. The van der Waals surface area contributed by atoms with E-state index in [1.165, 1.54) is 18.7 Å². The zero-order chi connectivity index (χ0) is 13.5. The summed E-state index contributed by atoms with van der Waals surface area (Å²) in [6.07, 6.45) is 0.926. The number of Topliss-reactive ketones (excluding diaryl/α,β-unsaturated/α-hetero) is 1. The van der Waals surface area contributed by atoms with E-state index in [0.717, 1.165) is 11.3 Å². The lowest BCUT2D eigenvalue weighted by Crippen LogP contribution is -2.25. The lowest BCUT2D eigenvalue weighted by molar-refractivity contribution is -0.118. The predicted molar refractivity (Wildman–Crippen MR) is 75.5 cm³/mol. The predicted octanol–water partition coefficient (Wildman–Crippen LogP) is 3.16. The van der Waals surface area contributed by atoms with E-state index in [9.17, 15) is 9.59 Å². The minimum Gasteiger partial charge on any atom is -0.355 e. The number of rotatable bonds is 6. The van der Waals surface area contributed by atoms with E-state index in [4.69, 9.17) is 11.6 Å². The summed E-state index contributed by atoms with van der Waals surface area (Å²) in [4.78, 5) is 23.5. The van der Waals surface area contributed by atoms with Gasteiger partial charge in [-0.05, 0) is 31.5 Å². The average molecular weight is 286 g/mol. The number of benzene rings is 1. The Labute approximate surface area is 116 Å². The van der Waals surface area contributed by atoms with E-state index in [1.54, 1.807) is 18.2 Å². The first-order chi connectivity index (χ1) is 8.54. The summed E-state index contributed by atoms with van der Waals surface area (Å²) in [5.41, 5.74) is 0.511. The van der Waals surface area contributed by atoms with Crippen molar-refractivity contribution in [3.63, 3.8) is 0 Å². The second-order valence-corrected chi connectivity index (χ2v) is 5.29. The maximum atomic E-state index is 11.4. The van der Waals surface area contributed by atoms with Gasteiger partial charge in [-0.3, -0.25) is 9.59 Å². The molecule has 0 radical (unpaired) electrons. The molecule has 0 heterocycles. The second kappa shape index (κ2) is 7.44. The fourth-order valence-electron chi connectivity index (χ4n) is 1.34. The fraction of sp³-hybridized carbons (Fsp3) is 0.385. The van der Waals surface area contributed by atoms with E-state index in [-0.39, 0.29) is 11.7 Å². The molecule has 0 saturated carbocycles. The molecule has 0 aliphatic rings. The van der Waals surface area contributed by atoms with Crippen molar-refractivity contribution in [2.75, 3.05) is 12.3 Å². The van der Waals surface area contributed by atoms with Crippen molar-refractivity contribution >= 4 is 35.1 Å². The lowest BCUT2D eigenvalue weighted by Gasteiger charge is -2.05. The molecule has 1 amide bonds. The number of carbonyl (C=O) groups excluding carboxylic acids is 2. The van der Waals surface area contributed by atoms with Crippen molar-refractivity contribution in [2.45, 2.75) is 25.2 Å². The molecule has 0 atom stereocenters. The molecular formula is C13H16ClNO2S. The molecule has 0 spiro atoms. The summed E-state index contributed by atoms with van der Waals surface area (Å²) in [7, 11) is 0. The number of hydrogen-bond donors (Lipinski definition) is 1. The van der Waals surface area contributed by atoms with Crippen LogP contribution in [-0.2, 0) is 4.79 Å². The molecule has 1 aromatic carbocycles. The van der Waals surface area contributed by atoms with E-state index in [2.05, 4.69) is 5.32 Å². The standard InChI is InChI=1S/C13H16ClNO2S/c1-3-6-15-13(17)8-18-10-4-5-11(9(2)16)12(14)7-10/h4-5,7H,3,6,8H2,1-2H3,(H,15,17). The molecule has 1 aromatic rings. The molecule has 0 saturated heterocycles. The summed E-state index contributed by atoms with van der Waals surface area (Å²) < 4.78 is 0. The van der Waals surface area contributed by atoms with Crippen molar-refractivity contribution in [3.05, 3.63) is 28.8 Å². The van der Waals surface area contributed by atoms with Crippen LogP contribution in [0.5, 0.6) is 0 Å². The van der Waals surface area contributed by atoms with Gasteiger partial charge in [0.05, 0.1) is 10.8 Å². The number of thioether (sulfide) groups is 1. The van der Waals surface area contributed by atoms with Gasteiger partial charge in [0, 0.05) is 17.0 Å². The highest BCUT2D eigenvalue weighted by atomic mass is 35.5. The molecule has 0 aliphatic heterocycles. The number of carbonyl (C=O) groups is 2. The molecular weight excluding hydrogens is 270 g/mol. The zero-order valence-electron chi connectivity index (χ0n) is 10.5. The smallest absolute Gasteiger partial charge is 0.230 e. The minimum atomic E-state index is -0.0581. The Balaban J connectivity index is 2.56. The normalized spacial score (nSPS) is 10.2. The van der Waals surface area contributed by atoms with Crippen LogP contribution in [0.1, 0.15) is 30.6 Å². The van der Waals surface area contributed by atoms with Crippen LogP contribution in [0.2, 0.25) is 5.02 Å². The van der Waals surface area contributed by atoms with Gasteiger partial charge >= 0.3 is 0 Å². The highest BCUT2D eigenvalue weighted by molar-refractivity contribution is 8.00. The third kappa shape index (κ3) is 4.70. The topological polar surface area (TPSA) is 46.2 Å². The van der Waals surface area contributed by atoms with Gasteiger partial charge in [0.15, 0.2) is 5.78 Å². The summed E-state index contributed by atoms with van der Waals surface area (Å²) in [6.45, 7) is 4.18. The summed E-state index contributed by atoms with van der Waals surface area (Å²) >= 11 is 7.39. The Morgan fingerprint density at radius 2 is 2.11 bits per heavy atom. The summed E-state index contributed by atoms with van der Waals surface area (Å²) in [6, 6.07) is 5.22. The van der Waals surface area contributed by atoms with Crippen LogP contribution in [-0.4, -0.2) is 24.0 Å². The molecule has 0 unspecified atom stereocenters. The van der Waals surface area contributed by atoms with Gasteiger partial charge in [-0.2, -0.15) is 0 Å². The van der Waals surface area contributed by atoms with Crippen molar-refractivity contribution in [2.24, 2.45) is 0 Å². The average Bonchev–Trinajstić information content (AvgIpc) is 2.33. The molecule has 0 bridgehead atoms. The molecule has 1 rings (SSSR count). The van der Waals surface area contributed by atoms with Gasteiger partial charge in [0.2, 0.25) is 5.91 Å². The van der Waals surface area contributed by atoms with Crippen LogP contribution >= 0.6 is 23.4 Å². The first kappa shape index (κ1) is 15.1. The number of nitrogens with one attached hydrogen (secondary N) is 1. The summed E-state index contributed by atoms with van der Waals surface area (Å²) in [5.74, 6) is 0.307. The van der Waals surface area contributed by atoms with E-state index in [1.807, 2.05) is 6.92 Å². The van der Waals surface area contributed by atoms with E-state index in [0.29, 0.717) is 22.9 Å². The molecule has 0 fully saturated rings.